The molecule has 1 rings (SSSR count). The minimum Gasteiger partial charge on any atom is -0.473 e. The molecule has 0 saturated heterocycles. The Hall–Kier alpha value is -2.44. The number of alkyl halides is 2. The second kappa shape index (κ2) is 7.98. The summed E-state index contributed by atoms with van der Waals surface area (Å²) in [7, 11) is 1.65. The SMILES string of the molecule is CNc1cccc(OC(F)F)c1COC(=N)/C(C)=C\C=N. The van der Waals surface area contributed by atoms with Crippen LogP contribution in [0.15, 0.2) is 29.8 Å². The number of anilines is 1. The first-order valence-corrected chi connectivity index (χ1v) is 6.13. The Labute approximate surface area is 121 Å². The monoisotopic (exact) mass is 297 g/mol. The topological polar surface area (TPSA) is 78.2 Å². The first kappa shape index (κ1) is 16.6. The molecular formula is C14H17F2N3O2. The summed E-state index contributed by atoms with van der Waals surface area (Å²) in [5, 5.41) is 17.5. The van der Waals surface area contributed by atoms with Crippen molar-refractivity contribution in [3.63, 3.8) is 0 Å². The third-order valence-corrected chi connectivity index (χ3v) is 2.67. The van der Waals surface area contributed by atoms with Gasteiger partial charge in [0.05, 0.1) is 5.56 Å². The van der Waals surface area contributed by atoms with Crippen LogP contribution >= 0.6 is 0 Å². The van der Waals surface area contributed by atoms with Crippen molar-refractivity contribution < 1.29 is 18.3 Å². The zero-order valence-corrected chi connectivity index (χ0v) is 11.7. The molecule has 0 amide bonds. The highest BCUT2D eigenvalue weighted by Crippen LogP contribution is 2.28. The molecule has 1 aromatic carbocycles. The van der Waals surface area contributed by atoms with Crippen molar-refractivity contribution in [3.05, 3.63) is 35.4 Å². The molecule has 0 aliphatic carbocycles. The van der Waals surface area contributed by atoms with E-state index in [4.69, 9.17) is 15.6 Å². The number of rotatable bonds is 7. The van der Waals surface area contributed by atoms with Gasteiger partial charge in [0.15, 0.2) is 0 Å². The predicted molar refractivity (Wildman–Crippen MR) is 77.7 cm³/mol. The lowest BCUT2D eigenvalue weighted by atomic mass is 10.1. The summed E-state index contributed by atoms with van der Waals surface area (Å²) in [5.41, 5.74) is 1.44. The Morgan fingerprint density at radius 3 is 2.71 bits per heavy atom. The average molecular weight is 297 g/mol. The second-order valence-corrected chi connectivity index (χ2v) is 4.04. The first-order valence-electron chi connectivity index (χ1n) is 6.13. The van der Waals surface area contributed by atoms with E-state index in [-0.39, 0.29) is 18.3 Å². The van der Waals surface area contributed by atoms with Crippen LogP contribution in [-0.4, -0.2) is 25.8 Å². The van der Waals surface area contributed by atoms with Gasteiger partial charge in [-0.05, 0) is 25.1 Å². The fourth-order valence-corrected chi connectivity index (χ4v) is 1.61. The molecule has 1 aromatic rings. The fourth-order valence-electron chi connectivity index (χ4n) is 1.61. The Balaban J connectivity index is 2.92. The normalized spacial score (nSPS) is 11.2. The van der Waals surface area contributed by atoms with Crippen LogP contribution in [0.3, 0.4) is 0 Å². The number of halogens is 2. The molecule has 0 radical (unpaired) electrons. The number of hydrogen-bond acceptors (Lipinski definition) is 5. The van der Waals surface area contributed by atoms with E-state index in [2.05, 4.69) is 10.1 Å². The lowest BCUT2D eigenvalue weighted by Gasteiger charge is -2.16. The first-order chi connectivity index (χ1) is 9.99. The maximum Gasteiger partial charge on any atom is 0.387 e. The molecule has 0 aliphatic heterocycles. The van der Waals surface area contributed by atoms with Gasteiger partial charge in [-0.1, -0.05) is 6.07 Å². The number of hydrogen-bond donors (Lipinski definition) is 3. The molecule has 3 N–H and O–H groups in total. The highest BCUT2D eigenvalue weighted by atomic mass is 19.3. The molecule has 0 heterocycles. The van der Waals surface area contributed by atoms with Crippen LogP contribution < -0.4 is 10.1 Å². The number of allylic oxidation sites excluding steroid dienone is 1. The van der Waals surface area contributed by atoms with E-state index in [1.54, 1.807) is 26.1 Å². The van der Waals surface area contributed by atoms with Crippen molar-refractivity contribution in [1.29, 1.82) is 10.8 Å². The summed E-state index contributed by atoms with van der Waals surface area (Å²) >= 11 is 0. The fraction of sp³-hybridized carbons (Fsp3) is 0.286. The van der Waals surface area contributed by atoms with E-state index in [9.17, 15) is 8.78 Å². The van der Waals surface area contributed by atoms with Gasteiger partial charge in [0, 0.05) is 24.5 Å². The van der Waals surface area contributed by atoms with Gasteiger partial charge in [-0.15, -0.1) is 0 Å². The predicted octanol–water partition coefficient (Wildman–Crippen LogP) is 3.42. The molecule has 0 spiro atoms. The van der Waals surface area contributed by atoms with Crippen molar-refractivity contribution in [2.45, 2.75) is 20.1 Å². The molecule has 114 valence electrons. The molecule has 0 bridgehead atoms. The molecule has 0 saturated carbocycles. The van der Waals surface area contributed by atoms with Crippen LogP contribution in [0.4, 0.5) is 14.5 Å². The average Bonchev–Trinajstić information content (AvgIpc) is 2.44. The minimum absolute atomic E-state index is 0.00154. The maximum absolute atomic E-state index is 12.4. The van der Waals surface area contributed by atoms with Gasteiger partial charge in [0.1, 0.15) is 12.4 Å². The lowest BCUT2D eigenvalue weighted by molar-refractivity contribution is -0.0508. The van der Waals surface area contributed by atoms with Gasteiger partial charge in [-0.25, -0.2) is 0 Å². The van der Waals surface area contributed by atoms with Gasteiger partial charge in [0.2, 0.25) is 5.90 Å². The molecule has 0 aliphatic rings. The summed E-state index contributed by atoms with van der Waals surface area (Å²) in [6.45, 7) is -1.41. The largest absolute Gasteiger partial charge is 0.473 e. The summed E-state index contributed by atoms with van der Waals surface area (Å²) in [6, 6.07) is 4.69. The molecule has 5 nitrogen and oxygen atoms in total. The van der Waals surface area contributed by atoms with Crippen molar-refractivity contribution in [3.8, 4) is 5.75 Å². The van der Waals surface area contributed by atoms with E-state index < -0.39 is 6.61 Å². The second-order valence-electron chi connectivity index (χ2n) is 4.04. The van der Waals surface area contributed by atoms with E-state index in [1.165, 1.54) is 12.1 Å². The minimum atomic E-state index is -2.94. The Morgan fingerprint density at radius 1 is 1.43 bits per heavy atom. The third kappa shape index (κ3) is 4.87. The zero-order valence-electron chi connectivity index (χ0n) is 11.7. The highest BCUT2D eigenvalue weighted by molar-refractivity contribution is 5.94. The van der Waals surface area contributed by atoms with Crippen molar-refractivity contribution in [1.82, 2.24) is 0 Å². The van der Waals surface area contributed by atoms with Gasteiger partial charge in [-0.2, -0.15) is 8.78 Å². The van der Waals surface area contributed by atoms with Crippen LogP contribution in [-0.2, 0) is 11.3 Å². The molecule has 0 aromatic heterocycles. The van der Waals surface area contributed by atoms with Crippen LogP contribution in [0.5, 0.6) is 5.75 Å². The quantitative estimate of drug-likeness (QED) is 0.533. The maximum atomic E-state index is 12.4. The Morgan fingerprint density at radius 2 is 2.14 bits per heavy atom. The van der Waals surface area contributed by atoms with Crippen LogP contribution in [0.2, 0.25) is 0 Å². The lowest BCUT2D eigenvalue weighted by Crippen LogP contribution is -2.10. The Bertz CT molecular complexity index is 545. The zero-order chi connectivity index (χ0) is 15.8. The number of benzene rings is 1. The number of ether oxygens (including phenoxy) is 2. The van der Waals surface area contributed by atoms with Crippen molar-refractivity contribution >= 4 is 17.8 Å². The summed E-state index contributed by atoms with van der Waals surface area (Å²) in [5.74, 6) is -0.134. The van der Waals surface area contributed by atoms with Gasteiger partial charge >= 0.3 is 6.61 Å². The summed E-state index contributed by atoms with van der Waals surface area (Å²) in [4.78, 5) is 0. The van der Waals surface area contributed by atoms with Crippen LogP contribution in [0, 0.1) is 10.8 Å². The summed E-state index contributed by atoms with van der Waals surface area (Å²) < 4.78 is 34.5. The molecule has 0 atom stereocenters. The van der Waals surface area contributed by atoms with E-state index >= 15 is 0 Å². The molecule has 7 heteroatoms. The molecular weight excluding hydrogens is 280 g/mol. The summed E-state index contributed by atoms with van der Waals surface area (Å²) in [6.07, 6.45) is 2.45. The van der Waals surface area contributed by atoms with Crippen LogP contribution in [0.1, 0.15) is 12.5 Å². The van der Waals surface area contributed by atoms with Crippen molar-refractivity contribution in [2.24, 2.45) is 0 Å². The standard InChI is InChI=1S/C14H17F2N3O2/c1-9(6-7-17)13(18)20-8-10-11(19-2)4-3-5-12(10)21-14(15)16/h3-7,14,17-19H,8H2,1-2H3/b9-6-,17-7?,18-13?. The van der Waals surface area contributed by atoms with E-state index in [0.717, 1.165) is 6.21 Å². The van der Waals surface area contributed by atoms with Gasteiger partial charge in [0.25, 0.3) is 0 Å². The smallest absolute Gasteiger partial charge is 0.387 e. The van der Waals surface area contributed by atoms with Crippen LogP contribution in [0.25, 0.3) is 0 Å². The molecule has 21 heavy (non-hydrogen) atoms. The highest BCUT2D eigenvalue weighted by Gasteiger charge is 2.14. The number of nitrogens with one attached hydrogen (secondary N) is 3. The molecule has 0 unspecified atom stereocenters. The Kier molecular flexibility index (Phi) is 6.32. The third-order valence-electron chi connectivity index (χ3n) is 2.67. The van der Waals surface area contributed by atoms with E-state index in [1.807, 2.05) is 0 Å². The molecule has 0 fully saturated rings. The van der Waals surface area contributed by atoms with E-state index in [0.29, 0.717) is 16.8 Å². The van der Waals surface area contributed by atoms with Gasteiger partial charge < -0.3 is 20.2 Å². The van der Waals surface area contributed by atoms with Crippen molar-refractivity contribution in [2.75, 3.05) is 12.4 Å². The van der Waals surface area contributed by atoms with Gasteiger partial charge in [-0.3, -0.25) is 5.41 Å².